The Bertz CT molecular complexity index is 1710. The minimum atomic E-state index is -4.24. The predicted molar refractivity (Wildman–Crippen MR) is 176 cm³/mol. The second kappa shape index (κ2) is 14.5. The number of nitrogens with zero attached hydrogens (tertiary/aromatic N) is 2. The quantitative estimate of drug-likeness (QED) is 0.209. The number of carbonyl (C=O) groups excluding carboxylic acids is 2. The number of rotatable bonds is 12. The molecule has 4 aromatic rings. The van der Waals surface area contributed by atoms with Crippen molar-refractivity contribution in [1.82, 2.24) is 10.2 Å². The van der Waals surface area contributed by atoms with Crippen LogP contribution in [0.1, 0.15) is 22.3 Å². The number of ether oxygens (including phenoxy) is 1. The van der Waals surface area contributed by atoms with Crippen LogP contribution in [-0.4, -0.2) is 51.9 Å². The fourth-order valence-electron chi connectivity index (χ4n) is 4.90. The number of anilines is 1. The van der Waals surface area contributed by atoms with Gasteiger partial charge in [-0.2, -0.15) is 0 Å². The molecule has 0 heterocycles. The highest BCUT2D eigenvalue weighted by molar-refractivity contribution is 9.10. The molecule has 0 aromatic heterocycles. The van der Waals surface area contributed by atoms with Crippen molar-refractivity contribution in [1.29, 1.82) is 0 Å². The average molecular weight is 679 g/mol. The summed E-state index contributed by atoms with van der Waals surface area (Å²) in [6, 6.07) is 27.6. The highest BCUT2D eigenvalue weighted by atomic mass is 79.9. The summed E-state index contributed by atoms with van der Waals surface area (Å²) in [7, 11) is -1.27. The molecular weight excluding hydrogens is 642 g/mol. The number of benzene rings is 4. The minimum Gasteiger partial charge on any atom is -0.495 e. The Balaban J connectivity index is 1.84. The zero-order chi connectivity index (χ0) is 31.9. The number of aryl methyl sites for hydroxylation is 2. The second-order valence-electron chi connectivity index (χ2n) is 10.5. The summed E-state index contributed by atoms with van der Waals surface area (Å²) in [5, 5.41) is 2.70. The molecule has 10 heteroatoms. The van der Waals surface area contributed by atoms with Crippen LogP contribution < -0.4 is 14.4 Å². The van der Waals surface area contributed by atoms with Gasteiger partial charge in [0.2, 0.25) is 11.8 Å². The van der Waals surface area contributed by atoms with E-state index in [2.05, 4.69) is 21.2 Å². The highest BCUT2D eigenvalue weighted by Crippen LogP contribution is 2.34. The highest BCUT2D eigenvalue weighted by Gasteiger charge is 2.35. The summed E-state index contributed by atoms with van der Waals surface area (Å²) in [6.45, 7) is 3.22. The van der Waals surface area contributed by atoms with Crippen LogP contribution in [0.5, 0.6) is 5.75 Å². The van der Waals surface area contributed by atoms with Crippen LogP contribution in [0.3, 0.4) is 0 Å². The third-order valence-electron chi connectivity index (χ3n) is 7.25. The van der Waals surface area contributed by atoms with Crippen molar-refractivity contribution in [3.8, 4) is 5.75 Å². The SMILES string of the molecule is CNC(=O)[C@H](Cc1ccccc1)N(Cc1cccc(Br)c1)C(=O)CN(c1cc(C)ccc1OC)S(=O)(=O)c1ccc(C)cc1. The molecule has 0 aliphatic heterocycles. The normalized spacial score (nSPS) is 11.8. The maximum Gasteiger partial charge on any atom is 0.264 e. The fraction of sp³-hybridized carbons (Fsp3) is 0.235. The zero-order valence-electron chi connectivity index (χ0n) is 25.2. The molecule has 0 radical (unpaired) electrons. The summed E-state index contributed by atoms with van der Waals surface area (Å²) in [5.74, 6) is -0.614. The van der Waals surface area contributed by atoms with Gasteiger partial charge in [-0.15, -0.1) is 0 Å². The van der Waals surface area contributed by atoms with Crippen molar-refractivity contribution < 1.29 is 22.7 Å². The van der Waals surface area contributed by atoms with Gasteiger partial charge in [0.15, 0.2) is 0 Å². The van der Waals surface area contributed by atoms with Gasteiger partial charge >= 0.3 is 0 Å². The first-order chi connectivity index (χ1) is 21.0. The number of likely N-dealkylation sites (N-methyl/N-ethyl adjacent to an activating group) is 1. The molecule has 0 spiro atoms. The van der Waals surface area contributed by atoms with Crippen LogP contribution in [-0.2, 0) is 32.6 Å². The fourth-order valence-corrected chi connectivity index (χ4v) is 6.76. The Labute approximate surface area is 267 Å². The van der Waals surface area contributed by atoms with Gasteiger partial charge in [0.1, 0.15) is 18.3 Å². The van der Waals surface area contributed by atoms with E-state index < -0.39 is 28.5 Å². The first-order valence-corrected chi connectivity index (χ1v) is 16.3. The first kappa shape index (κ1) is 32.8. The van der Waals surface area contributed by atoms with Gasteiger partial charge in [-0.1, -0.05) is 82.2 Å². The van der Waals surface area contributed by atoms with Crippen LogP contribution in [0, 0.1) is 13.8 Å². The molecule has 4 rings (SSSR count). The number of nitrogens with one attached hydrogen (secondary N) is 1. The lowest BCUT2D eigenvalue weighted by Gasteiger charge is -2.34. The third kappa shape index (κ3) is 7.86. The monoisotopic (exact) mass is 677 g/mol. The van der Waals surface area contributed by atoms with Crippen LogP contribution in [0.25, 0.3) is 0 Å². The van der Waals surface area contributed by atoms with Gasteiger partial charge in [0.05, 0.1) is 17.7 Å². The minimum absolute atomic E-state index is 0.0325. The van der Waals surface area contributed by atoms with E-state index in [1.165, 1.54) is 31.2 Å². The number of hydrogen-bond donors (Lipinski definition) is 1. The molecule has 0 saturated carbocycles. The van der Waals surface area contributed by atoms with Crippen LogP contribution in [0.2, 0.25) is 0 Å². The van der Waals surface area contributed by atoms with Crippen molar-refractivity contribution >= 4 is 43.5 Å². The van der Waals surface area contributed by atoms with Gasteiger partial charge < -0.3 is 15.0 Å². The number of methoxy groups -OCH3 is 1. The van der Waals surface area contributed by atoms with Crippen LogP contribution >= 0.6 is 15.9 Å². The molecular formula is C34H36BrN3O5S. The van der Waals surface area contributed by atoms with Crippen molar-refractivity contribution in [2.45, 2.75) is 37.8 Å². The van der Waals surface area contributed by atoms with E-state index in [0.717, 1.165) is 31.0 Å². The summed E-state index contributed by atoms with van der Waals surface area (Å²) < 4.78 is 36.0. The van der Waals surface area contributed by atoms with Crippen molar-refractivity contribution in [2.75, 3.05) is 25.0 Å². The second-order valence-corrected chi connectivity index (χ2v) is 13.2. The zero-order valence-corrected chi connectivity index (χ0v) is 27.6. The smallest absolute Gasteiger partial charge is 0.264 e. The van der Waals surface area contributed by atoms with E-state index in [-0.39, 0.29) is 29.5 Å². The van der Waals surface area contributed by atoms with Gasteiger partial charge in [0, 0.05) is 24.5 Å². The Morgan fingerprint density at radius 1 is 0.864 bits per heavy atom. The molecule has 0 bridgehead atoms. The summed E-state index contributed by atoms with van der Waals surface area (Å²) in [6.07, 6.45) is 0.235. The number of sulfonamides is 1. The number of halogens is 1. The molecule has 2 amide bonds. The first-order valence-electron chi connectivity index (χ1n) is 14.1. The van der Waals surface area contributed by atoms with E-state index in [0.29, 0.717) is 5.75 Å². The number of carbonyl (C=O) groups is 2. The summed E-state index contributed by atoms with van der Waals surface area (Å²) >= 11 is 3.49. The Morgan fingerprint density at radius 3 is 2.16 bits per heavy atom. The molecule has 230 valence electrons. The van der Waals surface area contributed by atoms with Gasteiger partial charge in [-0.05, 0) is 66.9 Å². The predicted octanol–water partition coefficient (Wildman–Crippen LogP) is 5.66. The van der Waals surface area contributed by atoms with Gasteiger partial charge in [-0.3, -0.25) is 13.9 Å². The maximum atomic E-state index is 14.5. The average Bonchev–Trinajstić information content (AvgIpc) is 3.01. The lowest BCUT2D eigenvalue weighted by atomic mass is 10.0. The molecule has 44 heavy (non-hydrogen) atoms. The number of hydrogen-bond acceptors (Lipinski definition) is 5. The largest absolute Gasteiger partial charge is 0.495 e. The molecule has 0 unspecified atom stereocenters. The van der Waals surface area contributed by atoms with Gasteiger partial charge in [-0.25, -0.2) is 8.42 Å². The molecule has 4 aromatic carbocycles. The standard InChI is InChI=1S/C34H36BrN3O5S/c1-24-13-16-29(17-14-24)44(41,42)38(30-19-25(2)15-18-32(30)43-4)23-33(39)37(22-27-11-8-12-28(35)20-27)31(34(40)36-3)21-26-9-6-5-7-10-26/h5-20,31H,21-23H2,1-4H3,(H,36,40)/t31-/m0/s1. The van der Waals surface area contributed by atoms with E-state index in [1.54, 1.807) is 24.3 Å². The van der Waals surface area contributed by atoms with Crippen LogP contribution in [0.4, 0.5) is 5.69 Å². The van der Waals surface area contributed by atoms with Crippen LogP contribution in [0.15, 0.2) is 106 Å². The van der Waals surface area contributed by atoms with E-state index in [1.807, 2.05) is 74.5 Å². The van der Waals surface area contributed by atoms with Crippen molar-refractivity contribution in [3.63, 3.8) is 0 Å². The summed E-state index contributed by atoms with van der Waals surface area (Å²) in [4.78, 5) is 29.4. The Hall–Kier alpha value is -4.15. The topological polar surface area (TPSA) is 96.0 Å². The maximum absolute atomic E-state index is 14.5. The third-order valence-corrected chi connectivity index (χ3v) is 9.52. The Morgan fingerprint density at radius 2 is 1.52 bits per heavy atom. The molecule has 0 fully saturated rings. The van der Waals surface area contributed by atoms with Crippen molar-refractivity contribution in [2.24, 2.45) is 0 Å². The van der Waals surface area contributed by atoms with E-state index in [9.17, 15) is 18.0 Å². The number of amides is 2. The molecule has 1 atom stereocenters. The van der Waals surface area contributed by atoms with Gasteiger partial charge in [0.25, 0.3) is 10.0 Å². The molecule has 0 aliphatic carbocycles. The van der Waals surface area contributed by atoms with E-state index in [4.69, 9.17) is 4.74 Å². The molecule has 1 N–H and O–H groups in total. The Kier molecular flexibility index (Phi) is 10.8. The van der Waals surface area contributed by atoms with Crippen molar-refractivity contribution in [3.05, 3.63) is 124 Å². The molecule has 8 nitrogen and oxygen atoms in total. The lowest BCUT2D eigenvalue weighted by Crippen LogP contribution is -2.53. The molecule has 0 aliphatic rings. The molecule has 0 saturated heterocycles. The lowest BCUT2D eigenvalue weighted by molar-refractivity contribution is -0.139. The summed E-state index contributed by atoms with van der Waals surface area (Å²) in [5.41, 5.74) is 3.54. The van der Waals surface area contributed by atoms with E-state index >= 15 is 0 Å².